The molecule has 2 aromatic carbocycles. The van der Waals surface area contributed by atoms with Gasteiger partial charge < -0.3 is 5.73 Å². The van der Waals surface area contributed by atoms with Gasteiger partial charge in [-0.05, 0) is 37.1 Å². The molecule has 0 spiro atoms. The standard InChI is InChI=1S/C22H28N2O2/c23-21(25)17-11-3-1-2-4-12-18-22(26)24(19-13-7-5-8-14-19)20-15-9-6-10-16-20/h5-10,13-16H,1-4,11-12,17-18H2,(H2,23,25). The van der Waals surface area contributed by atoms with Crippen molar-refractivity contribution < 1.29 is 9.59 Å². The van der Waals surface area contributed by atoms with Gasteiger partial charge in [0.25, 0.3) is 0 Å². The fraction of sp³-hybridized carbons (Fsp3) is 0.364. The number of hydrogen-bond donors (Lipinski definition) is 1. The number of nitrogens with two attached hydrogens (primary N) is 1. The highest BCUT2D eigenvalue weighted by Crippen LogP contribution is 2.26. The molecule has 0 atom stereocenters. The molecule has 0 heterocycles. The van der Waals surface area contributed by atoms with E-state index in [9.17, 15) is 9.59 Å². The van der Waals surface area contributed by atoms with Gasteiger partial charge in [0.1, 0.15) is 0 Å². The maximum absolute atomic E-state index is 12.8. The lowest BCUT2D eigenvalue weighted by Crippen LogP contribution is -2.25. The molecular formula is C22H28N2O2. The molecule has 0 unspecified atom stereocenters. The molecule has 0 fully saturated rings. The molecule has 0 saturated carbocycles. The Bertz CT molecular complexity index is 632. The zero-order chi connectivity index (χ0) is 18.6. The SMILES string of the molecule is NC(=O)CCCCCCCCC(=O)N(c1ccccc1)c1ccccc1. The van der Waals surface area contributed by atoms with Gasteiger partial charge in [-0.25, -0.2) is 0 Å². The number of hydrogen-bond acceptors (Lipinski definition) is 2. The summed E-state index contributed by atoms with van der Waals surface area (Å²) in [5.74, 6) is -0.103. The van der Waals surface area contributed by atoms with Crippen molar-refractivity contribution in [2.45, 2.75) is 51.4 Å². The zero-order valence-corrected chi connectivity index (χ0v) is 15.3. The number of amides is 2. The number of carbonyl (C=O) groups is 2. The van der Waals surface area contributed by atoms with Crippen LogP contribution in [0.25, 0.3) is 0 Å². The predicted octanol–water partition coefficient (Wildman–Crippen LogP) is 4.96. The molecule has 26 heavy (non-hydrogen) atoms. The van der Waals surface area contributed by atoms with Gasteiger partial charge in [-0.15, -0.1) is 0 Å². The number of carbonyl (C=O) groups excluding carboxylic acids is 2. The van der Waals surface area contributed by atoms with Gasteiger partial charge in [-0.1, -0.05) is 62.1 Å². The van der Waals surface area contributed by atoms with Crippen molar-refractivity contribution in [3.8, 4) is 0 Å². The Balaban J connectivity index is 1.82. The smallest absolute Gasteiger partial charge is 0.231 e. The molecular weight excluding hydrogens is 324 g/mol. The fourth-order valence-corrected chi connectivity index (χ4v) is 2.99. The van der Waals surface area contributed by atoms with Crippen molar-refractivity contribution in [1.82, 2.24) is 0 Å². The summed E-state index contributed by atoms with van der Waals surface area (Å²) >= 11 is 0. The topological polar surface area (TPSA) is 63.4 Å². The molecule has 0 radical (unpaired) electrons. The summed E-state index contributed by atoms with van der Waals surface area (Å²) in [6, 6.07) is 19.6. The van der Waals surface area contributed by atoms with Crippen molar-refractivity contribution in [2.75, 3.05) is 4.90 Å². The summed E-state index contributed by atoms with van der Waals surface area (Å²) in [5.41, 5.74) is 6.93. The first-order valence-corrected chi connectivity index (χ1v) is 9.40. The largest absolute Gasteiger partial charge is 0.370 e. The molecule has 4 heteroatoms. The first-order valence-electron chi connectivity index (χ1n) is 9.40. The Hall–Kier alpha value is -2.62. The highest BCUT2D eigenvalue weighted by Gasteiger charge is 2.16. The van der Waals surface area contributed by atoms with E-state index in [2.05, 4.69) is 0 Å². The van der Waals surface area contributed by atoms with Gasteiger partial charge in [0.2, 0.25) is 11.8 Å². The first-order chi connectivity index (χ1) is 12.7. The molecule has 4 nitrogen and oxygen atoms in total. The van der Waals surface area contributed by atoms with Crippen LogP contribution in [-0.4, -0.2) is 11.8 Å². The normalized spacial score (nSPS) is 10.5. The van der Waals surface area contributed by atoms with E-state index >= 15 is 0 Å². The summed E-state index contributed by atoms with van der Waals surface area (Å²) in [6.07, 6.45) is 6.98. The molecule has 2 rings (SSSR count). The van der Waals surface area contributed by atoms with Gasteiger partial charge in [-0.3, -0.25) is 14.5 Å². The molecule has 138 valence electrons. The maximum Gasteiger partial charge on any atom is 0.231 e. The van der Waals surface area contributed by atoms with E-state index in [-0.39, 0.29) is 11.8 Å². The lowest BCUT2D eigenvalue weighted by atomic mass is 10.1. The van der Waals surface area contributed by atoms with Crippen LogP contribution in [0, 0.1) is 0 Å². The van der Waals surface area contributed by atoms with Crippen molar-refractivity contribution >= 4 is 23.2 Å². The summed E-state index contributed by atoms with van der Waals surface area (Å²) in [7, 11) is 0. The number of para-hydroxylation sites is 2. The number of unbranched alkanes of at least 4 members (excludes halogenated alkanes) is 5. The van der Waals surface area contributed by atoms with Crippen LogP contribution in [0.5, 0.6) is 0 Å². The molecule has 2 N–H and O–H groups in total. The van der Waals surface area contributed by atoms with Gasteiger partial charge in [0.05, 0.1) is 0 Å². The van der Waals surface area contributed by atoms with Crippen LogP contribution >= 0.6 is 0 Å². The van der Waals surface area contributed by atoms with E-state index in [1.54, 1.807) is 4.90 Å². The summed E-state index contributed by atoms with van der Waals surface area (Å²) < 4.78 is 0. The Morgan fingerprint density at radius 1 is 0.654 bits per heavy atom. The molecule has 2 aromatic rings. The predicted molar refractivity (Wildman–Crippen MR) is 106 cm³/mol. The molecule has 0 aliphatic carbocycles. The van der Waals surface area contributed by atoms with Crippen molar-refractivity contribution in [3.05, 3.63) is 60.7 Å². The minimum atomic E-state index is -0.225. The van der Waals surface area contributed by atoms with E-state index in [1.165, 1.54) is 0 Å². The van der Waals surface area contributed by atoms with E-state index in [4.69, 9.17) is 5.73 Å². The minimum Gasteiger partial charge on any atom is -0.370 e. The quantitative estimate of drug-likeness (QED) is 0.581. The third-order valence-electron chi connectivity index (χ3n) is 4.34. The Kier molecular flexibility index (Phi) is 8.40. The van der Waals surface area contributed by atoms with Crippen LogP contribution in [0.4, 0.5) is 11.4 Å². The van der Waals surface area contributed by atoms with E-state index in [0.717, 1.165) is 49.9 Å². The molecule has 0 aromatic heterocycles. The molecule has 2 amide bonds. The lowest BCUT2D eigenvalue weighted by Gasteiger charge is -2.23. The third kappa shape index (κ3) is 6.71. The zero-order valence-electron chi connectivity index (χ0n) is 15.3. The number of benzene rings is 2. The average Bonchev–Trinajstić information content (AvgIpc) is 2.65. The molecule has 0 aliphatic heterocycles. The van der Waals surface area contributed by atoms with Crippen LogP contribution in [0.15, 0.2) is 60.7 Å². The van der Waals surface area contributed by atoms with Crippen LogP contribution < -0.4 is 10.6 Å². The summed E-state index contributed by atoms with van der Waals surface area (Å²) in [5, 5.41) is 0. The number of nitrogens with zero attached hydrogens (tertiary/aromatic N) is 1. The maximum atomic E-state index is 12.8. The fourth-order valence-electron chi connectivity index (χ4n) is 2.99. The van der Waals surface area contributed by atoms with Crippen LogP contribution in [0.3, 0.4) is 0 Å². The molecule has 0 saturated heterocycles. The Morgan fingerprint density at radius 2 is 1.08 bits per heavy atom. The van der Waals surface area contributed by atoms with Gasteiger partial charge in [-0.2, -0.15) is 0 Å². The van der Waals surface area contributed by atoms with Gasteiger partial charge >= 0.3 is 0 Å². The van der Waals surface area contributed by atoms with Crippen LogP contribution in [0.1, 0.15) is 51.4 Å². The van der Waals surface area contributed by atoms with Crippen LogP contribution in [0.2, 0.25) is 0 Å². The highest BCUT2D eigenvalue weighted by atomic mass is 16.2. The van der Waals surface area contributed by atoms with E-state index in [0.29, 0.717) is 12.8 Å². The number of rotatable bonds is 11. The summed E-state index contributed by atoms with van der Waals surface area (Å²) in [6.45, 7) is 0. The van der Waals surface area contributed by atoms with E-state index < -0.39 is 0 Å². The van der Waals surface area contributed by atoms with Crippen molar-refractivity contribution in [3.63, 3.8) is 0 Å². The second-order valence-corrected chi connectivity index (χ2v) is 6.49. The minimum absolute atomic E-state index is 0.121. The van der Waals surface area contributed by atoms with Crippen molar-refractivity contribution in [1.29, 1.82) is 0 Å². The Labute approximate surface area is 156 Å². The average molecular weight is 352 g/mol. The summed E-state index contributed by atoms with van der Waals surface area (Å²) in [4.78, 5) is 25.3. The first kappa shape index (κ1) is 19.7. The second-order valence-electron chi connectivity index (χ2n) is 6.49. The molecule has 0 aliphatic rings. The molecule has 0 bridgehead atoms. The van der Waals surface area contributed by atoms with Crippen molar-refractivity contribution in [2.24, 2.45) is 5.73 Å². The van der Waals surface area contributed by atoms with Crippen LogP contribution in [-0.2, 0) is 9.59 Å². The number of primary amides is 1. The van der Waals surface area contributed by atoms with Gasteiger partial charge in [0.15, 0.2) is 0 Å². The van der Waals surface area contributed by atoms with Gasteiger partial charge in [0, 0.05) is 24.2 Å². The monoisotopic (exact) mass is 352 g/mol. The number of anilines is 2. The highest BCUT2D eigenvalue weighted by molar-refractivity contribution is 6.00. The second kappa shape index (κ2) is 11.1. The third-order valence-corrected chi connectivity index (χ3v) is 4.34. The Morgan fingerprint density at radius 3 is 1.54 bits per heavy atom. The van der Waals surface area contributed by atoms with E-state index in [1.807, 2.05) is 60.7 Å². The lowest BCUT2D eigenvalue weighted by molar-refractivity contribution is -0.118.